The first kappa shape index (κ1) is 15.7. The Kier molecular flexibility index (Phi) is 4.24. The van der Waals surface area contributed by atoms with Crippen LogP contribution in [0.3, 0.4) is 0 Å². The maximum absolute atomic E-state index is 8.46. The van der Waals surface area contributed by atoms with Crippen molar-refractivity contribution in [1.82, 2.24) is 4.98 Å². The molecule has 0 saturated heterocycles. The molecule has 4 aromatic carbocycles. The predicted molar refractivity (Wildman–Crippen MR) is 108 cm³/mol. The third-order valence-corrected chi connectivity index (χ3v) is 4.30. The number of para-hydroxylation sites is 1. The smallest absolute Gasteiger partial charge is 0.0616 e. The van der Waals surface area contributed by atoms with E-state index in [0.29, 0.717) is 5.82 Å². The average Bonchev–Trinajstić information content (AvgIpc) is 2.72. The van der Waals surface area contributed by atoms with E-state index in [-0.39, 0.29) is 0 Å². The Labute approximate surface area is 151 Å². The highest BCUT2D eigenvalue weighted by Gasteiger charge is 2.06. The third-order valence-electron chi connectivity index (χ3n) is 4.30. The van der Waals surface area contributed by atoms with E-state index in [1.54, 1.807) is 6.07 Å². The zero-order valence-corrected chi connectivity index (χ0v) is 14.1. The topological polar surface area (TPSA) is 41.0 Å². The first-order chi connectivity index (χ1) is 12.8. The van der Waals surface area contributed by atoms with Gasteiger partial charge in [0.2, 0.25) is 0 Å². The molecule has 1 heterocycles. The van der Waals surface area contributed by atoms with Crippen molar-refractivity contribution in [3.05, 3.63) is 102 Å². The number of benzene rings is 4. The summed E-state index contributed by atoms with van der Waals surface area (Å²) in [7, 11) is 0. The van der Waals surface area contributed by atoms with E-state index in [4.69, 9.17) is 5.39 Å². The summed E-state index contributed by atoms with van der Waals surface area (Å²) in [5.74, 6) is 0.341. The first-order valence-electron chi connectivity index (χ1n) is 8.42. The maximum Gasteiger partial charge on any atom is 0.465 e. The van der Waals surface area contributed by atoms with Gasteiger partial charge in [0.1, 0.15) is 0 Å². The molecule has 0 radical (unpaired) electrons. The summed E-state index contributed by atoms with van der Waals surface area (Å²) in [6, 6.07) is 32.6. The number of aromatic nitrogens is 1. The maximum atomic E-state index is 8.46. The van der Waals surface area contributed by atoms with Gasteiger partial charge in [-0.2, -0.15) is 0 Å². The van der Waals surface area contributed by atoms with E-state index in [1.807, 2.05) is 30.3 Å². The van der Waals surface area contributed by atoms with Crippen LogP contribution < -0.4 is 0 Å². The Morgan fingerprint density at radius 3 is 1.50 bits per heavy atom. The summed E-state index contributed by atoms with van der Waals surface area (Å²) in [6.45, 7) is 0. The van der Waals surface area contributed by atoms with Crippen molar-refractivity contribution in [2.75, 3.05) is 0 Å². The molecule has 0 amide bonds. The molecular formula is C23H16N3+. The standard InChI is InChI=1S/C14H10.C9H6N3/c1-2-6-12-10-14-8-4-3-7-13(14)9-11(12)5-1;10-12-9-6-5-7-3-1-2-4-8(7)11-9/h1-10H;1-6H/q;+1. The molecule has 0 aliphatic heterocycles. The Morgan fingerprint density at radius 1 is 0.538 bits per heavy atom. The van der Waals surface area contributed by atoms with Crippen LogP contribution in [0.15, 0.2) is 97.1 Å². The molecule has 0 N–H and O–H groups in total. The second-order valence-corrected chi connectivity index (χ2v) is 6.01. The fourth-order valence-corrected chi connectivity index (χ4v) is 2.99. The van der Waals surface area contributed by atoms with Crippen LogP contribution >= 0.6 is 0 Å². The Balaban J connectivity index is 0.000000131. The molecule has 0 fully saturated rings. The summed E-state index contributed by atoms with van der Waals surface area (Å²) in [5.41, 5.74) is 0.841. The van der Waals surface area contributed by atoms with Crippen molar-refractivity contribution in [3.63, 3.8) is 0 Å². The Morgan fingerprint density at radius 2 is 1.00 bits per heavy atom. The lowest BCUT2D eigenvalue weighted by Gasteiger charge is -2.00. The lowest BCUT2D eigenvalue weighted by atomic mass is 10.0. The number of fused-ring (bicyclic) bond motifs is 3. The number of nitrogens with zero attached hydrogens (tertiary/aromatic N) is 3. The molecule has 3 heteroatoms. The minimum atomic E-state index is 0.341. The van der Waals surface area contributed by atoms with Crippen molar-refractivity contribution in [1.29, 1.82) is 5.39 Å². The van der Waals surface area contributed by atoms with E-state index in [9.17, 15) is 0 Å². The van der Waals surface area contributed by atoms with E-state index in [1.165, 1.54) is 21.5 Å². The van der Waals surface area contributed by atoms with E-state index in [0.717, 1.165) is 10.9 Å². The highest BCUT2D eigenvalue weighted by atomic mass is 15.0. The second-order valence-electron chi connectivity index (χ2n) is 6.01. The quantitative estimate of drug-likeness (QED) is 0.233. The van der Waals surface area contributed by atoms with Gasteiger partial charge in [-0.1, -0.05) is 66.7 Å². The minimum absolute atomic E-state index is 0.341. The summed E-state index contributed by atoms with van der Waals surface area (Å²) >= 11 is 0. The average molecular weight is 334 g/mol. The third kappa shape index (κ3) is 3.22. The van der Waals surface area contributed by atoms with Crippen LogP contribution in [0, 0.1) is 5.39 Å². The Hall–Kier alpha value is -3.77. The molecule has 0 bridgehead atoms. The van der Waals surface area contributed by atoms with Gasteiger partial charge >= 0.3 is 5.82 Å². The molecule has 3 nitrogen and oxygen atoms in total. The van der Waals surface area contributed by atoms with E-state index >= 15 is 0 Å². The SMILES string of the molecule is N#[N+]c1ccc2ccccc2n1.c1ccc2cc3ccccc3cc2c1. The van der Waals surface area contributed by atoms with E-state index in [2.05, 4.69) is 70.6 Å². The summed E-state index contributed by atoms with van der Waals surface area (Å²) in [6.07, 6.45) is 0. The van der Waals surface area contributed by atoms with Gasteiger partial charge in [0, 0.05) is 10.4 Å². The van der Waals surface area contributed by atoms with Gasteiger partial charge in [-0.25, -0.2) is 0 Å². The molecule has 0 aliphatic rings. The fraction of sp³-hybridized carbons (Fsp3) is 0. The molecular weight excluding hydrogens is 318 g/mol. The number of pyridine rings is 1. The van der Waals surface area contributed by atoms with Crippen molar-refractivity contribution < 1.29 is 0 Å². The zero-order chi connectivity index (χ0) is 17.8. The van der Waals surface area contributed by atoms with Crippen molar-refractivity contribution in [2.24, 2.45) is 0 Å². The molecule has 0 saturated carbocycles. The molecule has 0 atom stereocenters. The number of hydrogen-bond donors (Lipinski definition) is 0. The van der Waals surface area contributed by atoms with Gasteiger partial charge in [-0.15, -0.1) is 0 Å². The van der Waals surface area contributed by atoms with Crippen LogP contribution in [0.1, 0.15) is 0 Å². The molecule has 26 heavy (non-hydrogen) atoms. The number of rotatable bonds is 0. The largest absolute Gasteiger partial charge is 0.465 e. The van der Waals surface area contributed by atoms with Crippen molar-refractivity contribution in [3.8, 4) is 0 Å². The molecule has 5 rings (SSSR count). The van der Waals surface area contributed by atoms with Crippen LogP contribution in [0.2, 0.25) is 0 Å². The summed E-state index contributed by atoms with van der Waals surface area (Å²) in [4.78, 5) is 7.09. The fourth-order valence-electron chi connectivity index (χ4n) is 2.99. The number of diazo groups is 1. The predicted octanol–water partition coefficient (Wildman–Crippen LogP) is 6.71. The molecule has 5 aromatic rings. The zero-order valence-electron chi connectivity index (χ0n) is 14.1. The van der Waals surface area contributed by atoms with Crippen LogP contribution in [0.5, 0.6) is 0 Å². The van der Waals surface area contributed by atoms with Gasteiger partial charge < -0.3 is 0 Å². The van der Waals surface area contributed by atoms with Crippen molar-refractivity contribution in [2.45, 2.75) is 0 Å². The van der Waals surface area contributed by atoms with Gasteiger partial charge in [-0.3, -0.25) is 0 Å². The highest BCUT2D eigenvalue weighted by Crippen LogP contribution is 2.22. The van der Waals surface area contributed by atoms with Gasteiger partial charge in [-0.05, 0) is 50.8 Å². The lowest BCUT2D eigenvalue weighted by Crippen LogP contribution is -1.75. The minimum Gasteiger partial charge on any atom is -0.0616 e. The molecule has 1 aromatic heterocycles. The van der Waals surface area contributed by atoms with Gasteiger partial charge in [0.05, 0.1) is 11.5 Å². The molecule has 0 spiro atoms. The van der Waals surface area contributed by atoms with Crippen molar-refractivity contribution >= 4 is 38.3 Å². The summed E-state index contributed by atoms with van der Waals surface area (Å²) in [5, 5.41) is 14.8. The van der Waals surface area contributed by atoms with Gasteiger partial charge in [0.25, 0.3) is 0 Å². The molecule has 0 unspecified atom stereocenters. The second kappa shape index (κ2) is 7.00. The molecule has 122 valence electrons. The molecule has 0 aliphatic carbocycles. The van der Waals surface area contributed by atoms with Crippen LogP contribution in [0.4, 0.5) is 5.82 Å². The normalized spacial score (nSPS) is 10.3. The van der Waals surface area contributed by atoms with E-state index < -0.39 is 0 Å². The Bertz CT molecular complexity index is 1150. The van der Waals surface area contributed by atoms with Crippen LogP contribution in [0.25, 0.3) is 37.4 Å². The lowest BCUT2D eigenvalue weighted by molar-refractivity contribution is 1.37. The monoisotopic (exact) mass is 334 g/mol. The first-order valence-corrected chi connectivity index (χ1v) is 8.42. The summed E-state index contributed by atoms with van der Waals surface area (Å²) < 4.78 is 0. The van der Waals surface area contributed by atoms with Crippen LogP contribution in [-0.4, -0.2) is 4.98 Å². The highest BCUT2D eigenvalue weighted by molar-refractivity contribution is 5.98. The van der Waals surface area contributed by atoms with Gasteiger partial charge in [0.15, 0.2) is 5.52 Å². The number of hydrogen-bond acceptors (Lipinski definition) is 2. The van der Waals surface area contributed by atoms with Crippen LogP contribution in [-0.2, 0) is 0 Å².